The molecule has 0 aliphatic rings. The van der Waals surface area contributed by atoms with Gasteiger partial charge < -0.3 is 0 Å². The summed E-state index contributed by atoms with van der Waals surface area (Å²) in [5.41, 5.74) is 0. The molecule has 0 aliphatic carbocycles. The summed E-state index contributed by atoms with van der Waals surface area (Å²) < 4.78 is 0. The van der Waals surface area contributed by atoms with Crippen LogP contribution < -0.4 is 0 Å². The van der Waals surface area contributed by atoms with Crippen LogP contribution in [0.4, 0.5) is 0 Å². The van der Waals surface area contributed by atoms with Crippen LogP contribution in [0.15, 0.2) is 0 Å². The van der Waals surface area contributed by atoms with Gasteiger partial charge in [0, 0.05) is 0 Å². The molecule has 0 saturated carbocycles. The van der Waals surface area contributed by atoms with Gasteiger partial charge in [-0.15, -0.1) is 0 Å². The summed E-state index contributed by atoms with van der Waals surface area (Å²) in [5.74, 6) is 0. The zero-order valence-corrected chi connectivity index (χ0v) is 26.0. The fraction of sp³-hybridized carbons (Fsp3) is 1.00. The second-order valence-corrected chi connectivity index (χ2v) is 21.5. The van der Waals surface area contributed by atoms with Crippen LogP contribution in [0.2, 0.25) is 0 Å². The van der Waals surface area contributed by atoms with Crippen LogP contribution in [0.3, 0.4) is 0 Å². The Morgan fingerprint density at radius 1 is 0.250 bits per heavy atom. The van der Waals surface area contributed by atoms with Crippen LogP contribution in [-0.4, -0.2) is 49.3 Å². The average Bonchev–Trinajstić information content (AvgIpc) is 2.76. The molecule has 0 fully saturated rings. The van der Waals surface area contributed by atoms with Crippen molar-refractivity contribution in [2.75, 3.05) is 49.3 Å². The first-order valence-electron chi connectivity index (χ1n) is 15.6. The van der Waals surface area contributed by atoms with Crippen LogP contribution >= 0.6 is 14.5 Å². The zero-order valence-electron chi connectivity index (χ0n) is 24.0. The van der Waals surface area contributed by atoms with E-state index in [9.17, 15) is 0 Å². The van der Waals surface area contributed by atoms with Crippen molar-refractivity contribution in [2.24, 2.45) is 0 Å². The van der Waals surface area contributed by atoms with E-state index in [2.05, 4.69) is 41.5 Å². The molecule has 0 heterocycles. The molecule has 0 N–H and O–H groups in total. The van der Waals surface area contributed by atoms with Gasteiger partial charge in [0.05, 0.1) is 0 Å². The van der Waals surface area contributed by atoms with Gasteiger partial charge >= 0.3 is 208 Å². The standard InChI is InChI=1S/C30H68P2/c1-7-23-31(24-8-2,25-9-3)29-21-19-17-15-13-14-16-18-20-22-30-32(26-10-4,27-11-5)28-12-6/h31-32H,7-30H2,1-6H3. The summed E-state index contributed by atoms with van der Waals surface area (Å²) in [6, 6.07) is 0. The van der Waals surface area contributed by atoms with E-state index in [0.29, 0.717) is 0 Å². The second-order valence-electron chi connectivity index (χ2n) is 11.5. The summed E-state index contributed by atoms with van der Waals surface area (Å²) in [6.45, 7) is 14.5. The third-order valence-corrected chi connectivity index (χ3v) is 20.5. The molecule has 0 aromatic rings. The number of hydrogen-bond donors (Lipinski definition) is 0. The summed E-state index contributed by atoms with van der Waals surface area (Å²) in [5, 5.41) is 0. The summed E-state index contributed by atoms with van der Waals surface area (Å²) in [4.78, 5) is 0. The molecule has 0 atom stereocenters. The van der Waals surface area contributed by atoms with E-state index in [1.54, 1.807) is 62.1 Å². The minimum atomic E-state index is -0.917. The van der Waals surface area contributed by atoms with Gasteiger partial charge in [-0.05, 0) is 0 Å². The van der Waals surface area contributed by atoms with Crippen LogP contribution in [-0.2, 0) is 0 Å². The van der Waals surface area contributed by atoms with Crippen molar-refractivity contribution in [1.82, 2.24) is 0 Å². The molecule has 0 amide bonds. The van der Waals surface area contributed by atoms with Crippen LogP contribution in [0.5, 0.6) is 0 Å². The van der Waals surface area contributed by atoms with E-state index >= 15 is 0 Å². The third kappa shape index (κ3) is 15.7. The van der Waals surface area contributed by atoms with Crippen molar-refractivity contribution in [3.05, 3.63) is 0 Å². The molecule has 0 aromatic heterocycles. The normalized spacial score (nSPS) is 13.6. The van der Waals surface area contributed by atoms with Crippen molar-refractivity contribution in [1.29, 1.82) is 0 Å². The van der Waals surface area contributed by atoms with Gasteiger partial charge in [-0.25, -0.2) is 0 Å². The van der Waals surface area contributed by atoms with Crippen molar-refractivity contribution >= 4 is 14.5 Å². The molecule has 0 bridgehead atoms. The predicted octanol–water partition coefficient (Wildman–Crippen LogP) is 10.8. The Balaban J connectivity index is 3.85. The Labute approximate surface area is 207 Å². The topological polar surface area (TPSA) is 0 Å². The van der Waals surface area contributed by atoms with E-state index in [1.807, 2.05) is 0 Å². The molecule has 0 spiro atoms. The SMILES string of the molecule is CCC[PH](CCC)(CCC)CCCCCCCCCCCC[PH](CCC)(CCC)CCC. The molecular formula is C30H68P2. The zero-order chi connectivity index (χ0) is 24.0. The molecular weight excluding hydrogens is 422 g/mol. The summed E-state index contributed by atoms with van der Waals surface area (Å²) in [6.07, 6.45) is 36.7. The van der Waals surface area contributed by atoms with E-state index < -0.39 is 14.5 Å². The maximum absolute atomic E-state index is 2.42. The molecule has 32 heavy (non-hydrogen) atoms. The first-order chi connectivity index (χ1) is 15.6. The quantitative estimate of drug-likeness (QED) is 0.0881. The Kier molecular flexibility index (Phi) is 22.9. The van der Waals surface area contributed by atoms with Gasteiger partial charge in [-0.3, -0.25) is 0 Å². The van der Waals surface area contributed by atoms with E-state index in [0.717, 1.165) is 0 Å². The van der Waals surface area contributed by atoms with Crippen LogP contribution in [0, 0.1) is 0 Å². The Hall–Kier alpha value is 0.860. The van der Waals surface area contributed by atoms with Gasteiger partial charge in [0.2, 0.25) is 0 Å². The third-order valence-electron chi connectivity index (χ3n) is 8.35. The molecule has 0 aliphatic heterocycles. The minimum absolute atomic E-state index is 0.917. The monoisotopic (exact) mass is 490 g/mol. The number of hydrogen-bond acceptors (Lipinski definition) is 0. The van der Waals surface area contributed by atoms with Gasteiger partial charge in [0.1, 0.15) is 0 Å². The van der Waals surface area contributed by atoms with E-state index in [1.165, 1.54) is 89.9 Å². The van der Waals surface area contributed by atoms with Crippen LogP contribution in [0.25, 0.3) is 0 Å². The second kappa shape index (κ2) is 22.3. The van der Waals surface area contributed by atoms with Crippen LogP contribution in [0.1, 0.15) is 144 Å². The maximum atomic E-state index is 2.42. The first-order valence-corrected chi connectivity index (χ1v) is 21.2. The molecule has 198 valence electrons. The molecule has 0 radical (unpaired) electrons. The molecule has 0 saturated heterocycles. The fourth-order valence-electron chi connectivity index (χ4n) is 7.10. The first kappa shape index (κ1) is 32.9. The Morgan fingerprint density at radius 3 is 0.625 bits per heavy atom. The fourth-order valence-corrected chi connectivity index (χ4v) is 18.5. The van der Waals surface area contributed by atoms with E-state index in [-0.39, 0.29) is 0 Å². The average molecular weight is 491 g/mol. The van der Waals surface area contributed by atoms with Gasteiger partial charge in [-0.2, -0.15) is 0 Å². The van der Waals surface area contributed by atoms with Crippen molar-refractivity contribution in [3.63, 3.8) is 0 Å². The Bertz CT molecular complexity index is 309. The van der Waals surface area contributed by atoms with Gasteiger partial charge in [0.25, 0.3) is 0 Å². The summed E-state index contributed by atoms with van der Waals surface area (Å²) >= 11 is 0. The van der Waals surface area contributed by atoms with Gasteiger partial charge in [0.15, 0.2) is 0 Å². The van der Waals surface area contributed by atoms with Crippen molar-refractivity contribution in [2.45, 2.75) is 144 Å². The number of rotatable bonds is 25. The summed E-state index contributed by atoms with van der Waals surface area (Å²) in [7, 11) is -1.83. The molecule has 0 rings (SSSR count). The number of unbranched alkanes of at least 4 members (excludes halogenated alkanes) is 9. The van der Waals surface area contributed by atoms with E-state index in [4.69, 9.17) is 0 Å². The predicted molar refractivity (Wildman–Crippen MR) is 163 cm³/mol. The molecule has 0 aromatic carbocycles. The Morgan fingerprint density at radius 2 is 0.438 bits per heavy atom. The molecule has 2 heteroatoms. The van der Waals surface area contributed by atoms with Crippen molar-refractivity contribution in [3.8, 4) is 0 Å². The van der Waals surface area contributed by atoms with Crippen molar-refractivity contribution < 1.29 is 0 Å². The molecule has 0 nitrogen and oxygen atoms in total. The molecule has 0 unspecified atom stereocenters. The van der Waals surface area contributed by atoms with Gasteiger partial charge in [-0.1, -0.05) is 0 Å².